The second-order valence-corrected chi connectivity index (χ2v) is 6.44. The standard InChI is InChI=1S/C20H14Cl2N2O3/c21-15-9-16(22)11-17(10-15)24-18(25)12-27-19(26)7-6-14-4-1-3-13-5-2-8-23-20(13)14/h1-11H,12H2,(H,24,25)/b7-6+. The summed E-state index contributed by atoms with van der Waals surface area (Å²) in [4.78, 5) is 28.1. The van der Waals surface area contributed by atoms with Gasteiger partial charge in [0, 0.05) is 39.0 Å². The van der Waals surface area contributed by atoms with Gasteiger partial charge in [-0.15, -0.1) is 0 Å². The molecule has 0 aliphatic carbocycles. The number of anilines is 1. The van der Waals surface area contributed by atoms with Gasteiger partial charge in [0.25, 0.3) is 5.91 Å². The van der Waals surface area contributed by atoms with E-state index in [-0.39, 0.29) is 0 Å². The number of nitrogens with one attached hydrogen (secondary N) is 1. The minimum atomic E-state index is -0.637. The third-order valence-corrected chi connectivity index (χ3v) is 3.99. The van der Waals surface area contributed by atoms with Crippen molar-refractivity contribution >= 4 is 57.7 Å². The zero-order chi connectivity index (χ0) is 19.2. The molecule has 2 aromatic carbocycles. The van der Waals surface area contributed by atoms with E-state index in [9.17, 15) is 9.59 Å². The number of rotatable bonds is 5. The van der Waals surface area contributed by atoms with Gasteiger partial charge in [0.15, 0.2) is 6.61 Å². The Bertz CT molecular complexity index is 1010. The molecule has 0 aliphatic rings. The van der Waals surface area contributed by atoms with Gasteiger partial charge in [0.1, 0.15) is 0 Å². The van der Waals surface area contributed by atoms with Crippen LogP contribution in [0.5, 0.6) is 0 Å². The minimum absolute atomic E-state index is 0.390. The van der Waals surface area contributed by atoms with Crippen molar-refractivity contribution in [1.29, 1.82) is 0 Å². The minimum Gasteiger partial charge on any atom is -0.452 e. The summed E-state index contributed by atoms with van der Waals surface area (Å²) >= 11 is 11.7. The first-order valence-electron chi connectivity index (χ1n) is 7.96. The van der Waals surface area contributed by atoms with Gasteiger partial charge >= 0.3 is 5.97 Å². The molecule has 0 atom stereocenters. The lowest BCUT2D eigenvalue weighted by molar-refractivity contribution is -0.142. The Morgan fingerprint density at radius 2 is 1.81 bits per heavy atom. The van der Waals surface area contributed by atoms with Crippen molar-refractivity contribution in [3.63, 3.8) is 0 Å². The Morgan fingerprint density at radius 1 is 1.07 bits per heavy atom. The number of carbonyl (C=O) groups excluding carboxylic acids is 2. The fourth-order valence-electron chi connectivity index (χ4n) is 2.43. The van der Waals surface area contributed by atoms with Crippen molar-refractivity contribution in [2.24, 2.45) is 0 Å². The highest BCUT2D eigenvalue weighted by atomic mass is 35.5. The summed E-state index contributed by atoms with van der Waals surface area (Å²) in [6, 6.07) is 14.1. The van der Waals surface area contributed by atoms with Crippen LogP contribution in [-0.2, 0) is 14.3 Å². The van der Waals surface area contributed by atoms with Crippen LogP contribution in [0.1, 0.15) is 5.56 Å². The summed E-state index contributed by atoms with van der Waals surface area (Å²) in [5.74, 6) is -1.14. The molecule has 0 saturated heterocycles. The zero-order valence-electron chi connectivity index (χ0n) is 14.0. The molecule has 1 heterocycles. The fourth-order valence-corrected chi connectivity index (χ4v) is 2.95. The molecule has 3 aromatic rings. The van der Waals surface area contributed by atoms with Crippen LogP contribution in [-0.4, -0.2) is 23.5 Å². The monoisotopic (exact) mass is 400 g/mol. The zero-order valence-corrected chi connectivity index (χ0v) is 15.5. The number of halogens is 2. The maximum Gasteiger partial charge on any atom is 0.331 e. The van der Waals surface area contributed by atoms with E-state index < -0.39 is 18.5 Å². The molecule has 1 amide bonds. The van der Waals surface area contributed by atoms with Gasteiger partial charge in [0.05, 0.1) is 5.52 Å². The second-order valence-electron chi connectivity index (χ2n) is 5.57. The van der Waals surface area contributed by atoms with Gasteiger partial charge in [-0.3, -0.25) is 9.78 Å². The smallest absolute Gasteiger partial charge is 0.331 e. The second kappa shape index (κ2) is 8.66. The largest absolute Gasteiger partial charge is 0.452 e. The van der Waals surface area contributed by atoms with Gasteiger partial charge in [-0.1, -0.05) is 47.5 Å². The molecule has 1 aromatic heterocycles. The maximum atomic E-state index is 11.9. The molecular weight excluding hydrogens is 387 g/mol. The molecule has 136 valence electrons. The van der Waals surface area contributed by atoms with Crippen molar-refractivity contribution in [3.05, 3.63) is 76.4 Å². The number of fused-ring (bicyclic) bond motifs is 1. The van der Waals surface area contributed by atoms with Crippen molar-refractivity contribution in [2.45, 2.75) is 0 Å². The molecule has 7 heteroatoms. The van der Waals surface area contributed by atoms with E-state index in [0.29, 0.717) is 15.7 Å². The van der Waals surface area contributed by atoms with E-state index in [0.717, 1.165) is 16.5 Å². The number of hydrogen-bond donors (Lipinski definition) is 1. The van der Waals surface area contributed by atoms with Crippen LogP contribution >= 0.6 is 23.2 Å². The molecule has 1 N–H and O–H groups in total. The first kappa shape index (κ1) is 18.9. The lowest BCUT2D eigenvalue weighted by Crippen LogP contribution is -2.20. The Hall–Kier alpha value is -2.89. The van der Waals surface area contributed by atoms with Gasteiger partial charge in [-0.2, -0.15) is 0 Å². The molecule has 3 rings (SSSR count). The van der Waals surface area contributed by atoms with Gasteiger partial charge in [0.2, 0.25) is 0 Å². The predicted molar refractivity (Wildman–Crippen MR) is 107 cm³/mol. The third kappa shape index (κ3) is 5.29. The number of esters is 1. The summed E-state index contributed by atoms with van der Waals surface area (Å²) < 4.78 is 4.95. The highest BCUT2D eigenvalue weighted by molar-refractivity contribution is 6.35. The molecule has 5 nitrogen and oxygen atoms in total. The molecule has 0 bridgehead atoms. The van der Waals surface area contributed by atoms with E-state index >= 15 is 0 Å². The molecule has 0 fully saturated rings. The molecule has 27 heavy (non-hydrogen) atoms. The first-order chi connectivity index (χ1) is 13.0. The number of ether oxygens (including phenoxy) is 1. The van der Waals surface area contributed by atoms with E-state index in [1.54, 1.807) is 30.5 Å². The van der Waals surface area contributed by atoms with Gasteiger partial charge in [-0.05, 0) is 30.3 Å². The summed E-state index contributed by atoms with van der Waals surface area (Å²) in [7, 11) is 0. The summed E-state index contributed by atoms with van der Waals surface area (Å²) in [6.45, 7) is -0.429. The lowest BCUT2D eigenvalue weighted by Gasteiger charge is -2.06. The SMILES string of the molecule is O=C(COC(=O)/C=C/c1cccc2cccnc12)Nc1cc(Cl)cc(Cl)c1. The fraction of sp³-hybridized carbons (Fsp3) is 0.0500. The molecule has 0 spiro atoms. The highest BCUT2D eigenvalue weighted by Gasteiger charge is 2.07. The number of nitrogens with zero attached hydrogens (tertiary/aromatic N) is 1. The van der Waals surface area contributed by atoms with Crippen LogP contribution in [0.3, 0.4) is 0 Å². The van der Waals surface area contributed by atoms with Gasteiger partial charge in [-0.25, -0.2) is 4.79 Å². The van der Waals surface area contributed by atoms with Crippen LogP contribution in [0.25, 0.3) is 17.0 Å². The average Bonchev–Trinajstić information content (AvgIpc) is 2.64. The molecule has 0 aliphatic heterocycles. The molecular formula is C20H14Cl2N2O3. The van der Waals surface area contributed by atoms with E-state index in [1.807, 2.05) is 30.3 Å². The number of carbonyl (C=O) groups is 2. The summed E-state index contributed by atoms with van der Waals surface area (Å²) in [5, 5.41) is 4.30. The van der Waals surface area contributed by atoms with Crippen LogP contribution in [0.4, 0.5) is 5.69 Å². The topological polar surface area (TPSA) is 68.3 Å². The van der Waals surface area contributed by atoms with Crippen molar-refractivity contribution < 1.29 is 14.3 Å². The van der Waals surface area contributed by atoms with Crippen molar-refractivity contribution in [3.8, 4) is 0 Å². The Balaban J connectivity index is 1.57. The Labute approximate surface area is 165 Å². The average molecular weight is 401 g/mol. The van der Waals surface area contributed by atoms with Crippen LogP contribution in [0.15, 0.2) is 60.8 Å². The normalized spacial score (nSPS) is 10.9. The number of amides is 1. The number of aromatic nitrogens is 1. The van der Waals surface area contributed by atoms with Crippen LogP contribution in [0.2, 0.25) is 10.0 Å². The third-order valence-electron chi connectivity index (χ3n) is 3.55. The quantitative estimate of drug-likeness (QED) is 0.496. The predicted octanol–water partition coefficient (Wildman–Crippen LogP) is 4.74. The van der Waals surface area contributed by atoms with Crippen LogP contribution < -0.4 is 5.32 Å². The maximum absolute atomic E-state index is 11.9. The number of benzene rings is 2. The molecule has 0 saturated carbocycles. The van der Waals surface area contributed by atoms with E-state index in [2.05, 4.69) is 10.3 Å². The Morgan fingerprint density at radius 3 is 2.59 bits per heavy atom. The molecule has 0 radical (unpaired) electrons. The summed E-state index contributed by atoms with van der Waals surface area (Å²) in [6.07, 6.45) is 4.55. The lowest BCUT2D eigenvalue weighted by atomic mass is 10.1. The highest BCUT2D eigenvalue weighted by Crippen LogP contribution is 2.22. The van der Waals surface area contributed by atoms with E-state index in [1.165, 1.54) is 6.08 Å². The Kier molecular flexibility index (Phi) is 6.06. The molecule has 0 unspecified atom stereocenters. The van der Waals surface area contributed by atoms with Gasteiger partial charge < -0.3 is 10.1 Å². The van der Waals surface area contributed by atoms with Crippen molar-refractivity contribution in [2.75, 3.05) is 11.9 Å². The summed E-state index contributed by atoms with van der Waals surface area (Å²) in [5.41, 5.74) is 1.98. The number of hydrogen-bond acceptors (Lipinski definition) is 4. The van der Waals surface area contributed by atoms with E-state index in [4.69, 9.17) is 27.9 Å². The van der Waals surface area contributed by atoms with Crippen molar-refractivity contribution in [1.82, 2.24) is 4.98 Å². The number of pyridine rings is 1. The first-order valence-corrected chi connectivity index (χ1v) is 8.71. The number of para-hydroxylation sites is 1. The van der Waals surface area contributed by atoms with Crippen LogP contribution in [0, 0.1) is 0 Å².